The van der Waals surface area contributed by atoms with Gasteiger partial charge in [-0.05, 0) is 24.0 Å². The summed E-state index contributed by atoms with van der Waals surface area (Å²) in [4.78, 5) is 14.1. The predicted molar refractivity (Wildman–Crippen MR) is 95.7 cm³/mol. The van der Waals surface area contributed by atoms with E-state index in [0.29, 0.717) is 17.5 Å². The van der Waals surface area contributed by atoms with Gasteiger partial charge in [0.2, 0.25) is 5.91 Å². The Kier molecular flexibility index (Phi) is 6.10. The van der Waals surface area contributed by atoms with Crippen LogP contribution in [0.4, 0.5) is 0 Å². The van der Waals surface area contributed by atoms with Crippen molar-refractivity contribution in [1.82, 2.24) is 19.7 Å². The first-order valence-electron chi connectivity index (χ1n) is 8.16. The van der Waals surface area contributed by atoms with Crippen LogP contribution in [0.2, 0.25) is 0 Å². The Hall–Kier alpha value is -1.76. The number of hydrogen-bond acceptors (Lipinski definition) is 5. The van der Waals surface area contributed by atoms with Crippen LogP contribution in [-0.4, -0.2) is 44.9 Å². The van der Waals surface area contributed by atoms with Gasteiger partial charge in [-0.25, -0.2) is 0 Å². The van der Waals surface area contributed by atoms with Crippen LogP contribution in [0.25, 0.3) is 11.6 Å². The summed E-state index contributed by atoms with van der Waals surface area (Å²) in [5.41, 5.74) is 0. The third-order valence-electron chi connectivity index (χ3n) is 3.53. The van der Waals surface area contributed by atoms with E-state index in [4.69, 9.17) is 4.42 Å². The van der Waals surface area contributed by atoms with E-state index in [9.17, 15) is 4.79 Å². The Labute approximate surface area is 147 Å². The number of furan rings is 1. The normalized spacial score (nSPS) is 12.8. The molecule has 0 aliphatic rings. The first-order chi connectivity index (χ1) is 11.3. The number of carbonyl (C=O) groups is 1. The van der Waals surface area contributed by atoms with E-state index < -0.39 is 0 Å². The van der Waals surface area contributed by atoms with Crippen LogP contribution in [0, 0.1) is 11.8 Å². The number of hydrogen-bond donors (Lipinski definition) is 0. The molecule has 0 spiro atoms. The number of rotatable bonds is 7. The summed E-state index contributed by atoms with van der Waals surface area (Å²) in [6.45, 7) is 9.16. The number of aromatic nitrogens is 3. The molecule has 0 saturated carbocycles. The zero-order valence-electron chi connectivity index (χ0n) is 15.2. The van der Waals surface area contributed by atoms with Crippen molar-refractivity contribution in [3.63, 3.8) is 0 Å². The van der Waals surface area contributed by atoms with Crippen molar-refractivity contribution in [2.45, 2.75) is 44.6 Å². The van der Waals surface area contributed by atoms with Crippen molar-refractivity contribution >= 4 is 17.7 Å². The van der Waals surface area contributed by atoms with Gasteiger partial charge in [-0.15, -0.1) is 10.2 Å². The van der Waals surface area contributed by atoms with Gasteiger partial charge in [0, 0.05) is 20.6 Å². The molecule has 132 valence electrons. The zero-order valence-corrected chi connectivity index (χ0v) is 16.0. The van der Waals surface area contributed by atoms with E-state index in [1.165, 1.54) is 11.8 Å². The van der Waals surface area contributed by atoms with E-state index in [1.54, 1.807) is 25.3 Å². The lowest BCUT2D eigenvalue weighted by molar-refractivity contribution is -0.128. The first kappa shape index (κ1) is 18.6. The fourth-order valence-electron chi connectivity index (χ4n) is 2.33. The van der Waals surface area contributed by atoms with E-state index in [1.807, 2.05) is 16.7 Å². The van der Waals surface area contributed by atoms with Crippen molar-refractivity contribution in [3.05, 3.63) is 18.4 Å². The highest BCUT2D eigenvalue weighted by Gasteiger charge is 2.28. The van der Waals surface area contributed by atoms with Gasteiger partial charge in [0.05, 0.1) is 11.5 Å². The summed E-state index contributed by atoms with van der Waals surface area (Å²) >= 11 is 1.48. The minimum atomic E-state index is -0.195. The molecule has 0 radical (unpaired) electrons. The predicted octanol–water partition coefficient (Wildman–Crippen LogP) is 3.40. The van der Waals surface area contributed by atoms with E-state index in [-0.39, 0.29) is 17.1 Å². The molecule has 6 nitrogen and oxygen atoms in total. The fourth-order valence-corrected chi connectivity index (χ4v) is 3.52. The maximum absolute atomic E-state index is 12.5. The Morgan fingerprint density at radius 3 is 2.50 bits per heavy atom. The maximum Gasteiger partial charge on any atom is 0.235 e. The van der Waals surface area contributed by atoms with Crippen LogP contribution in [0.1, 0.15) is 27.7 Å². The quantitative estimate of drug-likeness (QED) is 0.716. The van der Waals surface area contributed by atoms with Crippen LogP contribution < -0.4 is 0 Å². The smallest absolute Gasteiger partial charge is 0.235 e. The topological polar surface area (TPSA) is 64.2 Å². The van der Waals surface area contributed by atoms with Gasteiger partial charge in [0.1, 0.15) is 0 Å². The molecule has 1 atom stereocenters. The van der Waals surface area contributed by atoms with Crippen LogP contribution in [0.3, 0.4) is 0 Å². The average Bonchev–Trinajstić information content (AvgIpc) is 3.13. The lowest BCUT2D eigenvalue weighted by Crippen LogP contribution is -2.35. The molecule has 0 bridgehead atoms. The summed E-state index contributed by atoms with van der Waals surface area (Å²) in [6, 6.07) is 3.71. The molecule has 1 amide bonds. The molecule has 0 aliphatic carbocycles. The summed E-state index contributed by atoms with van der Waals surface area (Å²) in [6.07, 6.45) is 1.63. The molecular formula is C17H26N4O2S. The van der Waals surface area contributed by atoms with Crippen molar-refractivity contribution in [1.29, 1.82) is 0 Å². The molecule has 2 rings (SSSR count). The second-order valence-electron chi connectivity index (χ2n) is 6.80. The molecule has 2 heterocycles. The molecule has 0 fully saturated rings. The van der Waals surface area contributed by atoms with Gasteiger partial charge in [-0.2, -0.15) is 0 Å². The molecule has 24 heavy (non-hydrogen) atoms. The highest BCUT2D eigenvalue weighted by molar-refractivity contribution is 8.00. The largest absolute Gasteiger partial charge is 0.461 e. The van der Waals surface area contributed by atoms with Crippen molar-refractivity contribution in [2.24, 2.45) is 11.8 Å². The molecule has 0 aliphatic heterocycles. The SMILES string of the molecule is CC(C)Cn1c(SC(C(=O)N(C)C)C(C)C)nnc1-c1ccco1. The van der Waals surface area contributed by atoms with Crippen LogP contribution in [-0.2, 0) is 11.3 Å². The lowest BCUT2D eigenvalue weighted by Gasteiger charge is -2.23. The molecule has 2 aromatic rings. The van der Waals surface area contributed by atoms with Crippen LogP contribution in [0.5, 0.6) is 0 Å². The third-order valence-corrected chi connectivity index (χ3v) is 5.04. The van der Waals surface area contributed by atoms with Gasteiger partial charge in [0.25, 0.3) is 0 Å². The average molecular weight is 350 g/mol. The molecular weight excluding hydrogens is 324 g/mol. The fraction of sp³-hybridized carbons (Fsp3) is 0.588. The summed E-state index contributed by atoms with van der Waals surface area (Å²) in [5, 5.41) is 9.19. The Balaban J connectivity index is 2.37. The Bertz CT molecular complexity index is 662. The first-order valence-corrected chi connectivity index (χ1v) is 9.04. The summed E-state index contributed by atoms with van der Waals surface area (Å²) < 4.78 is 7.53. The van der Waals surface area contributed by atoms with Gasteiger partial charge >= 0.3 is 0 Å². The molecule has 1 unspecified atom stereocenters. The summed E-state index contributed by atoms with van der Waals surface area (Å²) in [7, 11) is 3.57. The van der Waals surface area contributed by atoms with E-state index in [0.717, 1.165) is 11.7 Å². The minimum Gasteiger partial charge on any atom is -0.461 e. The van der Waals surface area contributed by atoms with Gasteiger partial charge in [-0.3, -0.25) is 9.36 Å². The third kappa shape index (κ3) is 4.20. The van der Waals surface area contributed by atoms with E-state index >= 15 is 0 Å². The summed E-state index contributed by atoms with van der Waals surface area (Å²) in [5.74, 6) is 2.11. The van der Waals surface area contributed by atoms with Gasteiger partial charge < -0.3 is 9.32 Å². The zero-order chi connectivity index (χ0) is 17.9. The number of amides is 1. The van der Waals surface area contributed by atoms with Crippen LogP contribution >= 0.6 is 11.8 Å². The Morgan fingerprint density at radius 1 is 1.29 bits per heavy atom. The highest BCUT2D eigenvalue weighted by Crippen LogP contribution is 2.31. The monoisotopic (exact) mass is 350 g/mol. The molecule has 0 N–H and O–H groups in total. The lowest BCUT2D eigenvalue weighted by atomic mass is 10.1. The second-order valence-corrected chi connectivity index (χ2v) is 7.91. The number of thioether (sulfide) groups is 1. The molecule has 0 aromatic carbocycles. The second kappa shape index (κ2) is 7.88. The van der Waals surface area contributed by atoms with Crippen molar-refractivity contribution in [3.8, 4) is 11.6 Å². The molecule has 7 heteroatoms. The number of carbonyl (C=O) groups excluding carboxylic acids is 1. The number of nitrogens with zero attached hydrogens (tertiary/aromatic N) is 4. The minimum absolute atomic E-state index is 0.0913. The molecule has 2 aromatic heterocycles. The standard InChI is InChI=1S/C17H26N4O2S/c1-11(2)10-21-15(13-8-7-9-23-13)18-19-17(21)24-14(12(3)4)16(22)20(5)6/h7-9,11-12,14H,10H2,1-6H3. The Morgan fingerprint density at radius 2 is 2.00 bits per heavy atom. The maximum atomic E-state index is 12.5. The van der Waals surface area contributed by atoms with Crippen LogP contribution in [0.15, 0.2) is 28.0 Å². The van der Waals surface area contributed by atoms with Crippen molar-refractivity contribution < 1.29 is 9.21 Å². The molecule has 0 saturated heterocycles. The van der Waals surface area contributed by atoms with Crippen molar-refractivity contribution in [2.75, 3.05) is 14.1 Å². The highest BCUT2D eigenvalue weighted by atomic mass is 32.2. The van der Waals surface area contributed by atoms with Gasteiger partial charge in [0.15, 0.2) is 16.7 Å². The van der Waals surface area contributed by atoms with E-state index in [2.05, 4.69) is 37.9 Å². The van der Waals surface area contributed by atoms with Gasteiger partial charge in [-0.1, -0.05) is 39.5 Å².